The van der Waals surface area contributed by atoms with Crippen LogP contribution in [0.1, 0.15) is 23.9 Å². The van der Waals surface area contributed by atoms with Crippen molar-refractivity contribution < 1.29 is 5.11 Å². The molecule has 102 valence electrons. The first-order valence-electron chi connectivity index (χ1n) is 6.76. The molecule has 0 radical (unpaired) electrons. The molecule has 1 aromatic heterocycles. The van der Waals surface area contributed by atoms with Gasteiger partial charge in [-0.2, -0.15) is 5.10 Å². The molecule has 0 amide bonds. The van der Waals surface area contributed by atoms with E-state index in [9.17, 15) is 5.11 Å². The van der Waals surface area contributed by atoms with Gasteiger partial charge in [0, 0.05) is 19.6 Å². The average Bonchev–Trinajstić information content (AvgIpc) is 2.85. The summed E-state index contributed by atoms with van der Waals surface area (Å²) in [6.07, 6.45) is 3.22. The van der Waals surface area contributed by atoms with Gasteiger partial charge in [0.15, 0.2) is 0 Å². The molecule has 2 aromatic rings. The minimum absolute atomic E-state index is 0.171. The lowest BCUT2D eigenvalue weighted by Crippen LogP contribution is -2.16. The molecular weight excluding hydrogens is 238 g/mol. The zero-order valence-corrected chi connectivity index (χ0v) is 11.6. The summed E-state index contributed by atoms with van der Waals surface area (Å²) in [6, 6.07) is 8.44. The lowest BCUT2D eigenvalue weighted by atomic mass is 9.96. The SMILES string of the molecule is CCn1ncnc1CC(CO)Cc1cccc(C)c1. The van der Waals surface area contributed by atoms with Crippen LogP contribution in [0.3, 0.4) is 0 Å². The highest BCUT2D eigenvalue weighted by Gasteiger charge is 2.13. The van der Waals surface area contributed by atoms with Crippen LogP contribution in [-0.4, -0.2) is 26.5 Å². The molecule has 2 rings (SSSR count). The van der Waals surface area contributed by atoms with Gasteiger partial charge in [0.2, 0.25) is 0 Å². The fraction of sp³-hybridized carbons (Fsp3) is 0.467. The predicted octanol–water partition coefficient (Wildman–Crippen LogP) is 2.00. The number of nitrogens with zero attached hydrogens (tertiary/aromatic N) is 3. The number of aliphatic hydroxyl groups is 1. The van der Waals surface area contributed by atoms with E-state index in [4.69, 9.17) is 0 Å². The van der Waals surface area contributed by atoms with Crippen LogP contribution in [0.2, 0.25) is 0 Å². The Bertz CT molecular complexity index is 522. The summed E-state index contributed by atoms with van der Waals surface area (Å²) in [5.74, 6) is 1.14. The Kier molecular flexibility index (Phi) is 4.68. The third-order valence-corrected chi connectivity index (χ3v) is 3.33. The molecule has 1 aromatic carbocycles. The molecule has 1 N–H and O–H groups in total. The molecule has 4 heteroatoms. The van der Waals surface area contributed by atoms with E-state index in [2.05, 4.69) is 41.3 Å². The number of aliphatic hydroxyl groups excluding tert-OH is 1. The Labute approximate surface area is 114 Å². The molecule has 19 heavy (non-hydrogen) atoms. The fourth-order valence-corrected chi connectivity index (χ4v) is 2.34. The topological polar surface area (TPSA) is 50.9 Å². The van der Waals surface area contributed by atoms with Crippen LogP contribution in [0.25, 0.3) is 0 Å². The molecule has 0 aliphatic carbocycles. The highest BCUT2D eigenvalue weighted by Crippen LogP contribution is 2.14. The van der Waals surface area contributed by atoms with E-state index in [0.717, 1.165) is 25.2 Å². The summed E-state index contributed by atoms with van der Waals surface area (Å²) in [5.41, 5.74) is 2.52. The molecule has 0 aliphatic heterocycles. The molecular formula is C15H21N3O. The van der Waals surface area contributed by atoms with E-state index in [0.29, 0.717) is 0 Å². The standard InChI is InChI=1S/C15H21N3O/c1-3-18-15(16-11-17-18)9-14(10-19)8-13-6-4-5-12(2)7-13/h4-7,11,14,19H,3,8-10H2,1-2H3. The zero-order chi connectivity index (χ0) is 13.7. The van der Waals surface area contributed by atoms with Gasteiger partial charge in [0.05, 0.1) is 0 Å². The molecule has 0 saturated carbocycles. The van der Waals surface area contributed by atoms with Gasteiger partial charge in [-0.05, 0) is 31.7 Å². The molecule has 1 atom stereocenters. The Hall–Kier alpha value is -1.68. The number of hydrogen-bond acceptors (Lipinski definition) is 3. The molecule has 1 heterocycles. The molecule has 0 spiro atoms. The van der Waals surface area contributed by atoms with Crippen molar-refractivity contribution in [2.75, 3.05) is 6.61 Å². The van der Waals surface area contributed by atoms with E-state index in [1.165, 1.54) is 11.1 Å². The van der Waals surface area contributed by atoms with Crippen LogP contribution >= 0.6 is 0 Å². The quantitative estimate of drug-likeness (QED) is 0.863. The second-order valence-corrected chi connectivity index (χ2v) is 4.94. The Balaban J connectivity index is 2.04. The molecule has 0 aliphatic rings. The van der Waals surface area contributed by atoms with Gasteiger partial charge in [0.25, 0.3) is 0 Å². The molecule has 0 fully saturated rings. The van der Waals surface area contributed by atoms with Gasteiger partial charge >= 0.3 is 0 Å². The van der Waals surface area contributed by atoms with Gasteiger partial charge in [-0.15, -0.1) is 0 Å². The van der Waals surface area contributed by atoms with Crippen molar-refractivity contribution in [2.45, 2.75) is 33.2 Å². The third kappa shape index (κ3) is 3.64. The van der Waals surface area contributed by atoms with Crippen LogP contribution < -0.4 is 0 Å². The van der Waals surface area contributed by atoms with E-state index in [1.807, 2.05) is 11.6 Å². The lowest BCUT2D eigenvalue weighted by Gasteiger charge is -2.14. The summed E-state index contributed by atoms with van der Waals surface area (Å²) in [7, 11) is 0. The Morgan fingerprint density at radius 1 is 1.32 bits per heavy atom. The third-order valence-electron chi connectivity index (χ3n) is 3.33. The summed E-state index contributed by atoms with van der Waals surface area (Å²) < 4.78 is 1.89. The fourth-order valence-electron chi connectivity index (χ4n) is 2.34. The van der Waals surface area contributed by atoms with Gasteiger partial charge in [-0.25, -0.2) is 4.98 Å². The van der Waals surface area contributed by atoms with Crippen molar-refractivity contribution >= 4 is 0 Å². The van der Waals surface area contributed by atoms with Crippen molar-refractivity contribution in [3.8, 4) is 0 Å². The van der Waals surface area contributed by atoms with Crippen molar-refractivity contribution in [1.29, 1.82) is 0 Å². The van der Waals surface area contributed by atoms with E-state index in [-0.39, 0.29) is 12.5 Å². The average molecular weight is 259 g/mol. The first kappa shape index (κ1) is 13.7. The molecule has 0 bridgehead atoms. The first-order valence-corrected chi connectivity index (χ1v) is 6.76. The van der Waals surface area contributed by atoms with Gasteiger partial charge in [-0.3, -0.25) is 4.68 Å². The maximum Gasteiger partial charge on any atom is 0.138 e. The number of rotatable bonds is 6. The Morgan fingerprint density at radius 2 is 2.16 bits per heavy atom. The van der Waals surface area contributed by atoms with Crippen LogP contribution in [0.15, 0.2) is 30.6 Å². The maximum atomic E-state index is 9.56. The highest BCUT2D eigenvalue weighted by atomic mass is 16.3. The van der Waals surface area contributed by atoms with Crippen molar-refractivity contribution in [1.82, 2.24) is 14.8 Å². The minimum Gasteiger partial charge on any atom is -0.396 e. The lowest BCUT2D eigenvalue weighted by molar-refractivity contribution is 0.222. The van der Waals surface area contributed by atoms with E-state index in [1.54, 1.807) is 6.33 Å². The van der Waals surface area contributed by atoms with E-state index >= 15 is 0 Å². The van der Waals surface area contributed by atoms with Crippen LogP contribution in [0.5, 0.6) is 0 Å². The van der Waals surface area contributed by atoms with Crippen LogP contribution in [0, 0.1) is 12.8 Å². The smallest absolute Gasteiger partial charge is 0.138 e. The summed E-state index contributed by atoms with van der Waals surface area (Å²) >= 11 is 0. The monoisotopic (exact) mass is 259 g/mol. The maximum absolute atomic E-state index is 9.56. The minimum atomic E-state index is 0.171. The first-order chi connectivity index (χ1) is 9.22. The second-order valence-electron chi connectivity index (χ2n) is 4.94. The van der Waals surface area contributed by atoms with Gasteiger partial charge in [-0.1, -0.05) is 29.8 Å². The summed E-state index contributed by atoms with van der Waals surface area (Å²) in [6.45, 7) is 5.13. The summed E-state index contributed by atoms with van der Waals surface area (Å²) in [5, 5.41) is 13.7. The number of hydrogen-bond donors (Lipinski definition) is 1. The Morgan fingerprint density at radius 3 is 2.84 bits per heavy atom. The van der Waals surface area contributed by atoms with Gasteiger partial charge < -0.3 is 5.11 Å². The van der Waals surface area contributed by atoms with Crippen LogP contribution in [-0.2, 0) is 19.4 Å². The molecule has 4 nitrogen and oxygen atoms in total. The summed E-state index contributed by atoms with van der Waals surface area (Å²) in [4.78, 5) is 4.27. The number of benzene rings is 1. The van der Waals surface area contributed by atoms with Crippen LogP contribution in [0.4, 0.5) is 0 Å². The van der Waals surface area contributed by atoms with Gasteiger partial charge in [0.1, 0.15) is 12.2 Å². The highest BCUT2D eigenvalue weighted by molar-refractivity contribution is 5.22. The molecule has 0 saturated heterocycles. The van der Waals surface area contributed by atoms with Crippen molar-refractivity contribution in [2.24, 2.45) is 5.92 Å². The van der Waals surface area contributed by atoms with E-state index < -0.39 is 0 Å². The molecule has 1 unspecified atom stereocenters. The number of aryl methyl sites for hydroxylation is 2. The predicted molar refractivity (Wildman–Crippen MR) is 74.9 cm³/mol. The second kappa shape index (κ2) is 6.48. The normalized spacial score (nSPS) is 12.6. The number of aromatic nitrogens is 3. The largest absolute Gasteiger partial charge is 0.396 e. The zero-order valence-electron chi connectivity index (χ0n) is 11.6. The van der Waals surface area contributed by atoms with Crippen molar-refractivity contribution in [3.63, 3.8) is 0 Å². The van der Waals surface area contributed by atoms with Crippen molar-refractivity contribution in [3.05, 3.63) is 47.5 Å².